The van der Waals surface area contributed by atoms with E-state index in [2.05, 4.69) is 30.1 Å². The first kappa shape index (κ1) is 13.8. The van der Waals surface area contributed by atoms with Gasteiger partial charge in [0.2, 0.25) is 0 Å². The third kappa shape index (κ3) is 3.70. The molecule has 0 aliphatic carbocycles. The molecule has 2 heterocycles. The van der Waals surface area contributed by atoms with Crippen molar-refractivity contribution in [3.63, 3.8) is 0 Å². The first-order valence-corrected chi connectivity index (χ1v) is 7.45. The largest absolute Gasteiger partial charge is 0.313 e. The van der Waals surface area contributed by atoms with Gasteiger partial charge in [0.05, 0.1) is 6.07 Å². The summed E-state index contributed by atoms with van der Waals surface area (Å²) >= 11 is 0. The summed E-state index contributed by atoms with van der Waals surface area (Å²) < 4.78 is 0. The first-order valence-electron chi connectivity index (χ1n) is 7.45. The van der Waals surface area contributed by atoms with Crippen molar-refractivity contribution in [2.24, 2.45) is 5.41 Å². The molecule has 0 aromatic carbocycles. The lowest BCUT2D eigenvalue weighted by Crippen LogP contribution is -2.47. The van der Waals surface area contributed by atoms with Gasteiger partial charge in [0, 0.05) is 25.0 Å². The molecule has 102 valence electrons. The zero-order valence-electron chi connectivity index (χ0n) is 11.9. The van der Waals surface area contributed by atoms with Gasteiger partial charge in [0.1, 0.15) is 0 Å². The van der Waals surface area contributed by atoms with Crippen molar-refractivity contribution in [1.82, 2.24) is 10.2 Å². The summed E-state index contributed by atoms with van der Waals surface area (Å²) in [5.74, 6) is 0. The zero-order valence-corrected chi connectivity index (χ0v) is 11.9. The van der Waals surface area contributed by atoms with Gasteiger partial charge in [-0.3, -0.25) is 0 Å². The van der Waals surface area contributed by atoms with Gasteiger partial charge in [0.15, 0.2) is 0 Å². The summed E-state index contributed by atoms with van der Waals surface area (Å²) in [5, 5.41) is 12.4. The Morgan fingerprint density at radius 3 is 2.94 bits per heavy atom. The van der Waals surface area contributed by atoms with E-state index in [4.69, 9.17) is 5.26 Å². The summed E-state index contributed by atoms with van der Waals surface area (Å²) in [6.45, 7) is 8.18. The molecule has 1 N–H and O–H groups in total. The van der Waals surface area contributed by atoms with Gasteiger partial charge in [-0.2, -0.15) is 5.26 Å². The molecule has 3 heteroatoms. The van der Waals surface area contributed by atoms with Gasteiger partial charge in [-0.1, -0.05) is 13.8 Å². The van der Waals surface area contributed by atoms with Crippen LogP contribution in [0.4, 0.5) is 0 Å². The van der Waals surface area contributed by atoms with E-state index in [-0.39, 0.29) is 5.41 Å². The van der Waals surface area contributed by atoms with Gasteiger partial charge in [0.25, 0.3) is 0 Å². The molecule has 2 rings (SSSR count). The minimum Gasteiger partial charge on any atom is -0.313 e. The van der Waals surface area contributed by atoms with Gasteiger partial charge in [-0.05, 0) is 50.6 Å². The molecule has 0 aromatic heterocycles. The monoisotopic (exact) mass is 249 g/mol. The predicted octanol–water partition coefficient (Wildman–Crippen LogP) is 2.53. The normalized spacial score (nSPS) is 28.9. The zero-order chi connectivity index (χ0) is 13.0. The highest BCUT2D eigenvalue weighted by atomic mass is 15.2. The Kier molecular flexibility index (Phi) is 4.64. The van der Waals surface area contributed by atoms with Crippen LogP contribution in [0.2, 0.25) is 0 Å². The Hall–Kier alpha value is -0.590. The van der Waals surface area contributed by atoms with E-state index < -0.39 is 0 Å². The molecule has 2 atom stereocenters. The molecular weight excluding hydrogens is 222 g/mol. The second-order valence-corrected chi connectivity index (χ2v) is 6.76. The fourth-order valence-electron chi connectivity index (χ4n) is 3.31. The molecule has 2 aliphatic heterocycles. The van der Waals surface area contributed by atoms with Crippen molar-refractivity contribution in [3.05, 3.63) is 0 Å². The molecule has 2 aliphatic rings. The van der Waals surface area contributed by atoms with Crippen LogP contribution >= 0.6 is 0 Å². The van der Waals surface area contributed by atoms with Crippen LogP contribution in [0.25, 0.3) is 0 Å². The Bertz CT molecular complexity index is 305. The number of fused-ring (bicyclic) bond motifs is 1. The van der Waals surface area contributed by atoms with Crippen molar-refractivity contribution < 1.29 is 0 Å². The first-order chi connectivity index (χ1) is 8.61. The van der Waals surface area contributed by atoms with E-state index >= 15 is 0 Å². The van der Waals surface area contributed by atoms with E-state index in [9.17, 15) is 0 Å². The van der Waals surface area contributed by atoms with Crippen LogP contribution in [0.15, 0.2) is 0 Å². The molecule has 0 aromatic rings. The molecule has 0 radical (unpaired) electrons. The number of hydrogen-bond donors (Lipinski definition) is 1. The van der Waals surface area contributed by atoms with Crippen LogP contribution in [-0.4, -0.2) is 36.6 Å². The second kappa shape index (κ2) is 6.04. The summed E-state index contributed by atoms with van der Waals surface area (Å²) in [4.78, 5) is 2.67. The highest BCUT2D eigenvalue weighted by Gasteiger charge is 2.32. The minimum atomic E-state index is 0.253. The third-order valence-corrected chi connectivity index (χ3v) is 4.60. The van der Waals surface area contributed by atoms with Crippen molar-refractivity contribution in [2.45, 2.75) is 64.5 Å². The molecule has 0 amide bonds. The fraction of sp³-hybridized carbons (Fsp3) is 0.933. The van der Waals surface area contributed by atoms with Crippen LogP contribution in [0.3, 0.4) is 0 Å². The topological polar surface area (TPSA) is 39.1 Å². The van der Waals surface area contributed by atoms with E-state index in [1.807, 2.05) is 0 Å². The molecule has 0 bridgehead atoms. The van der Waals surface area contributed by atoms with Crippen LogP contribution in [0.1, 0.15) is 52.4 Å². The maximum absolute atomic E-state index is 8.67. The van der Waals surface area contributed by atoms with Crippen molar-refractivity contribution in [1.29, 1.82) is 5.26 Å². The average Bonchev–Trinajstić information content (AvgIpc) is 2.81. The van der Waals surface area contributed by atoms with E-state index in [0.29, 0.717) is 12.5 Å². The van der Waals surface area contributed by atoms with Gasteiger partial charge in [-0.15, -0.1) is 0 Å². The molecule has 3 nitrogen and oxygen atoms in total. The quantitative estimate of drug-likeness (QED) is 0.814. The molecule has 18 heavy (non-hydrogen) atoms. The van der Waals surface area contributed by atoms with Gasteiger partial charge < -0.3 is 10.2 Å². The minimum absolute atomic E-state index is 0.253. The maximum atomic E-state index is 8.67. The SMILES string of the molecule is CC(C)(CCC#N)CNC1CCN2CCCC2C1. The number of nitrogens with one attached hydrogen (secondary N) is 1. The highest BCUT2D eigenvalue weighted by molar-refractivity contribution is 4.90. The van der Waals surface area contributed by atoms with Crippen LogP contribution in [0.5, 0.6) is 0 Å². The number of rotatable bonds is 5. The van der Waals surface area contributed by atoms with Crippen molar-refractivity contribution >= 4 is 0 Å². The smallest absolute Gasteiger partial charge is 0.0621 e. The molecule has 0 spiro atoms. The van der Waals surface area contributed by atoms with Crippen LogP contribution in [0, 0.1) is 16.7 Å². The van der Waals surface area contributed by atoms with E-state index in [1.54, 1.807) is 0 Å². The highest BCUT2D eigenvalue weighted by Crippen LogP contribution is 2.28. The van der Waals surface area contributed by atoms with Crippen molar-refractivity contribution in [2.75, 3.05) is 19.6 Å². The Morgan fingerprint density at radius 2 is 2.17 bits per heavy atom. The molecule has 2 saturated heterocycles. The van der Waals surface area contributed by atoms with Crippen LogP contribution in [-0.2, 0) is 0 Å². The van der Waals surface area contributed by atoms with E-state index in [1.165, 1.54) is 38.8 Å². The van der Waals surface area contributed by atoms with Crippen LogP contribution < -0.4 is 5.32 Å². The molecular formula is C15H27N3. The predicted molar refractivity (Wildman–Crippen MR) is 74.2 cm³/mol. The van der Waals surface area contributed by atoms with Gasteiger partial charge >= 0.3 is 0 Å². The average molecular weight is 249 g/mol. The summed E-state index contributed by atoms with van der Waals surface area (Å²) in [5.41, 5.74) is 0.253. The number of piperidine rings is 1. The maximum Gasteiger partial charge on any atom is 0.0621 e. The number of hydrogen-bond acceptors (Lipinski definition) is 3. The lowest BCUT2D eigenvalue weighted by atomic mass is 9.87. The third-order valence-electron chi connectivity index (χ3n) is 4.60. The second-order valence-electron chi connectivity index (χ2n) is 6.76. The summed E-state index contributed by atoms with van der Waals surface area (Å²) in [6, 6.07) is 3.80. The standard InChI is InChI=1S/C15H27N3/c1-15(2,7-4-8-16)12-17-13-6-10-18-9-3-5-14(18)11-13/h13-14,17H,3-7,9-12H2,1-2H3. The lowest BCUT2D eigenvalue weighted by molar-refractivity contribution is 0.158. The number of nitrogens with zero attached hydrogens (tertiary/aromatic N) is 2. The Labute approximate surface area is 112 Å². The molecule has 2 unspecified atom stereocenters. The fourth-order valence-corrected chi connectivity index (χ4v) is 3.31. The Balaban J connectivity index is 1.72. The van der Waals surface area contributed by atoms with Crippen molar-refractivity contribution in [3.8, 4) is 6.07 Å². The lowest BCUT2D eigenvalue weighted by Gasteiger charge is -2.37. The van der Waals surface area contributed by atoms with E-state index in [0.717, 1.165) is 19.0 Å². The number of nitriles is 1. The van der Waals surface area contributed by atoms with Gasteiger partial charge in [-0.25, -0.2) is 0 Å². The Morgan fingerprint density at radius 1 is 1.33 bits per heavy atom. The summed E-state index contributed by atoms with van der Waals surface area (Å²) in [7, 11) is 0. The molecule has 2 fully saturated rings. The summed E-state index contributed by atoms with van der Waals surface area (Å²) in [6.07, 6.45) is 7.09. The molecule has 0 saturated carbocycles.